The van der Waals surface area contributed by atoms with Crippen molar-refractivity contribution in [3.8, 4) is 0 Å². The summed E-state index contributed by atoms with van der Waals surface area (Å²) in [5, 5.41) is 0. The smallest absolute Gasteiger partial charge is 0.197 e. The van der Waals surface area contributed by atoms with E-state index in [9.17, 15) is 4.79 Å². The van der Waals surface area contributed by atoms with Crippen LogP contribution in [0.25, 0.3) is 0 Å². The van der Waals surface area contributed by atoms with Crippen molar-refractivity contribution in [1.29, 1.82) is 0 Å². The molecule has 0 spiro atoms. The molecule has 0 atom stereocenters. The summed E-state index contributed by atoms with van der Waals surface area (Å²) in [7, 11) is 1.62. The zero-order chi connectivity index (χ0) is 8.81. The number of benzene rings is 1. The molecule has 0 bridgehead atoms. The van der Waals surface area contributed by atoms with Crippen LogP contribution >= 0.6 is 0 Å². The Bertz CT molecular complexity index is 245. The van der Waals surface area contributed by atoms with Crippen LogP contribution in [0.5, 0.6) is 0 Å². The summed E-state index contributed by atoms with van der Waals surface area (Å²) in [5.74, 6) is 0. The van der Waals surface area contributed by atoms with Crippen molar-refractivity contribution in [2.45, 2.75) is 12.7 Å². The van der Waals surface area contributed by atoms with E-state index in [2.05, 4.69) is 0 Å². The number of carbonyl (C=O) groups is 1. The van der Waals surface area contributed by atoms with Crippen molar-refractivity contribution in [1.82, 2.24) is 0 Å². The minimum atomic E-state index is 0.776. The largest absolute Gasteiger partial charge is 0.399 e. The fourth-order valence-electron chi connectivity index (χ4n) is 1.00. The molecule has 0 unspecified atom stereocenters. The lowest BCUT2D eigenvalue weighted by atomic mass is 9.75. The molecule has 0 aliphatic carbocycles. The highest BCUT2D eigenvalue weighted by Crippen LogP contribution is 2.07. The Balaban J connectivity index is 2.42. The molecule has 0 saturated heterocycles. The van der Waals surface area contributed by atoms with E-state index in [0.29, 0.717) is 0 Å². The number of carbonyl (C=O) groups excluding carboxylic acids is 1. The minimum absolute atomic E-state index is 0.776. The van der Waals surface area contributed by atoms with E-state index in [1.165, 1.54) is 5.56 Å². The molecule has 3 heteroatoms. The van der Waals surface area contributed by atoms with Gasteiger partial charge in [0, 0.05) is 5.69 Å². The van der Waals surface area contributed by atoms with Crippen molar-refractivity contribution < 1.29 is 4.79 Å². The third kappa shape index (κ3) is 2.78. The average Bonchev–Trinajstić information content (AvgIpc) is 2.09. The van der Waals surface area contributed by atoms with Crippen molar-refractivity contribution in [2.24, 2.45) is 0 Å². The Morgan fingerprint density at radius 2 is 2.00 bits per heavy atom. The number of nitrogen functional groups attached to an aromatic ring is 1. The number of hydrogen-bond donors (Lipinski definition) is 1. The van der Waals surface area contributed by atoms with Crippen LogP contribution in [-0.4, -0.2) is 13.5 Å². The third-order valence-corrected chi connectivity index (χ3v) is 1.68. The first kappa shape index (κ1) is 8.85. The summed E-state index contributed by atoms with van der Waals surface area (Å²) >= 11 is 0. The van der Waals surface area contributed by atoms with E-state index < -0.39 is 0 Å². The predicted molar refractivity (Wildman–Crippen MR) is 51.9 cm³/mol. The molecular weight excluding hydrogens is 149 g/mol. The molecule has 1 aromatic rings. The lowest BCUT2D eigenvalue weighted by Gasteiger charge is -1.98. The normalized spacial score (nSPS) is 9.33. The predicted octanol–water partition coefficient (Wildman–Crippen LogP) is 1.12. The molecule has 2 N–H and O–H groups in total. The molecule has 0 aromatic heterocycles. The Morgan fingerprint density at radius 1 is 1.33 bits per heavy atom. The molecule has 0 amide bonds. The second kappa shape index (κ2) is 4.60. The van der Waals surface area contributed by atoms with Crippen LogP contribution in [0.1, 0.15) is 5.56 Å². The fourth-order valence-corrected chi connectivity index (χ4v) is 1.00. The van der Waals surface area contributed by atoms with Crippen LogP contribution in [0.3, 0.4) is 0 Å². The minimum Gasteiger partial charge on any atom is -0.399 e. The summed E-state index contributed by atoms with van der Waals surface area (Å²) in [6, 6.07) is 7.70. The Morgan fingerprint density at radius 3 is 2.58 bits per heavy atom. The second-order valence-corrected chi connectivity index (χ2v) is 2.65. The van der Waals surface area contributed by atoms with Gasteiger partial charge in [0.15, 0.2) is 7.28 Å². The van der Waals surface area contributed by atoms with Crippen LogP contribution in [0.2, 0.25) is 6.32 Å². The molecule has 2 nitrogen and oxygen atoms in total. The molecule has 1 aromatic carbocycles. The van der Waals surface area contributed by atoms with Crippen LogP contribution in [0.15, 0.2) is 24.3 Å². The van der Waals surface area contributed by atoms with E-state index in [4.69, 9.17) is 5.73 Å². The van der Waals surface area contributed by atoms with Crippen molar-refractivity contribution in [3.05, 3.63) is 29.8 Å². The molecule has 0 saturated carbocycles. The van der Waals surface area contributed by atoms with Gasteiger partial charge in [0.1, 0.15) is 0 Å². The Kier molecular flexibility index (Phi) is 3.39. The number of aryl methyl sites for hydroxylation is 1. The molecule has 61 valence electrons. The summed E-state index contributed by atoms with van der Waals surface area (Å²) in [6.45, 7) is 0. The van der Waals surface area contributed by atoms with Crippen molar-refractivity contribution in [2.75, 3.05) is 5.73 Å². The van der Waals surface area contributed by atoms with Gasteiger partial charge in [-0.3, -0.25) is 0 Å². The number of hydrogen-bond acceptors (Lipinski definition) is 2. The van der Waals surface area contributed by atoms with Crippen LogP contribution in [0, 0.1) is 0 Å². The van der Waals surface area contributed by atoms with Gasteiger partial charge in [0.05, 0.1) is 6.19 Å². The highest BCUT2D eigenvalue weighted by molar-refractivity contribution is 6.66. The van der Waals surface area contributed by atoms with Crippen LogP contribution in [0.4, 0.5) is 5.69 Å². The van der Waals surface area contributed by atoms with Gasteiger partial charge in [-0.2, -0.15) is 0 Å². The molecule has 0 aliphatic heterocycles. The van der Waals surface area contributed by atoms with Crippen molar-refractivity contribution in [3.63, 3.8) is 0 Å². The van der Waals surface area contributed by atoms with E-state index in [1.807, 2.05) is 24.3 Å². The first-order chi connectivity index (χ1) is 5.83. The van der Waals surface area contributed by atoms with E-state index in [0.717, 1.165) is 24.6 Å². The lowest BCUT2D eigenvalue weighted by Crippen LogP contribution is -1.94. The fraction of sp³-hybridized carbons (Fsp3) is 0.222. The lowest BCUT2D eigenvalue weighted by molar-refractivity contribution is 0.568. The summed E-state index contributed by atoms with van der Waals surface area (Å²) < 4.78 is 0. The van der Waals surface area contributed by atoms with Gasteiger partial charge in [-0.15, -0.1) is 0 Å². The third-order valence-electron chi connectivity index (χ3n) is 1.68. The molecule has 0 heterocycles. The highest BCUT2D eigenvalue weighted by atomic mass is 16.1. The number of nitrogens with two attached hydrogens (primary N) is 1. The van der Waals surface area contributed by atoms with E-state index in [1.54, 1.807) is 7.28 Å². The van der Waals surface area contributed by atoms with Gasteiger partial charge < -0.3 is 10.5 Å². The van der Waals surface area contributed by atoms with Gasteiger partial charge in [-0.05, 0) is 24.1 Å². The monoisotopic (exact) mass is 160 g/mol. The second-order valence-electron chi connectivity index (χ2n) is 2.65. The van der Waals surface area contributed by atoms with Gasteiger partial charge >= 0.3 is 0 Å². The SMILES string of the molecule is Nc1ccc(CC[B]C=O)cc1. The maximum Gasteiger partial charge on any atom is 0.197 e. The Hall–Kier alpha value is -1.25. The average molecular weight is 160 g/mol. The van der Waals surface area contributed by atoms with E-state index >= 15 is 0 Å². The molecule has 0 fully saturated rings. The standard InChI is InChI=1S/C9H11BNO/c11-9-3-1-8(2-4-9)5-6-10-7-12/h1-4,7H,5-6,11H2. The molecule has 0 aliphatic rings. The maximum absolute atomic E-state index is 9.97. The van der Waals surface area contributed by atoms with Gasteiger partial charge in [-0.25, -0.2) is 0 Å². The maximum atomic E-state index is 9.97. The summed E-state index contributed by atoms with van der Waals surface area (Å²) in [4.78, 5) is 9.97. The Labute approximate surface area is 73.0 Å². The zero-order valence-corrected chi connectivity index (χ0v) is 6.86. The van der Waals surface area contributed by atoms with Gasteiger partial charge in [0.25, 0.3) is 0 Å². The molecule has 12 heavy (non-hydrogen) atoms. The van der Waals surface area contributed by atoms with Crippen LogP contribution in [-0.2, 0) is 11.2 Å². The van der Waals surface area contributed by atoms with Gasteiger partial charge in [-0.1, -0.05) is 18.5 Å². The van der Waals surface area contributed by atoms with E-state index in [-0.39, 0.29) is 0 Å². The first-order valence-electron chi connectivity index (χ1n) is 3.94. The number of anilines is 1. The number of rotatable bonds is 4. The molecule has 1 radical (unpaired) electrons. The van der Waals surface area contributed by atoms with Crippen LogP contribution < -0.4 is 5.73 Å². The first-order valence-corrected chi connectivity index (χ1v) is 3.94. The van der Waals surface area contributed by atoms with Crippen molar-refractivity contribution >= 4 is 19.2 Å². The highest BCUT2D eigenvalue weighted by Gasteiger charge is 1.93. The molecule has 1 rings (SSSR count). The quantitative estimate of drug-likeness (QED) is 0.310. The summed E-state index contributed by atoms with van der Waals surface area (Å²) in [6.07, 6.45) is 2.53. The van der Waals surface area contributed by atoms with Gasteiger partial charge in [0.2, 0.25) is 0 Å². The summed E-state index contributed by atoms with van der Waals surface area (Å²) in [5.41, 5.74) is 7.50. The topological polar surface area (TPSA) is 43.1 Å². The zero-order valence-electron chi connectivity index (χ0n) is 6.86. The molecular formula is C9H11BNO.